The van der Waals surface area contributed by atoms with Crippen molar-refractivity contribution in [2.45, 2.75) is 31.9 Å². The van der Waals surface area contributed by atoms with Crippen molar-refractivity contribution < 1.29 is 8.42 Å². The van der Waals surface area contributed by atoms with Gasteiger partial charge in [-0.1, -0.05) is 0 Å². The Morgan fingerprint density at radius 3 is 2.12 bits per heavy atom. The summed E-state index contributed by atoms with van der Waals surface area (Å²) in [4.78, 5) is 2.41. The van der Waals surface area contributed by atoms with Crippen LogP contribution in [0.4, 0.5) is 0 Å². The average molecular weight is 246 g/mol. The average Bonchev–Trinajstić information content (AvgIpc) is 3.02. The first-order valence-corrected chi connectivity index (χ1v) is 7.72. The van der Waals surface area contributed by atoms with Gasteiger partial charge in [-0.25, -0.2) is 8.42 Å². The Balaban J connectivity index is 1.84. The second-order valence-corrected chi connectivity index (χ2v) is 7.73. The second-order valence-electron chi connectivity index (χ2n) is 5.24. The van der Waals surface area contributed by atoms with Crippen LogP contribution < -0.4 is 0 Å². The normalized spacial score (nSPS) is 25.2. The van der Waals surface area contributed by atoms with E-state index in [1.54, 1.807) is 18.2 Å². The topological polar surface area (TPSA) is 40.6 Å². The Hall–Kier alpha value is -0.130. The third-order valence-corrected chi connectivity index (χ3v) is 5.78. The number of nitrogens with zero attached hydrogens (tertiary/aromatic N) is 2. The highest BCUT2D eigenvalue weighted by Gasteiger charge is 2.31. The van der Waals surface area contributed by atoms with Crippen molar-refractivity contribution in [2.75, 3.05) is 32.7 Å². The monoisotopic (exact) mass is 246 g/mol. The van der Waals surface area contributed by atoms with Crippen molar-refractivity contribution in [1.29, 1.82) is 0 Å². The number of sulfonamides is 1. The summed E-state index contributed by atoms with van der Waals surface area (Å²) in [6.07, 6.45) is 2.73. The van der Waals surface area contributed by atoms with Crippen LogP contribution in [0.3, 0.4) is 0 Å². The van der Waals surface area contributed by atoms with E-state index in [0.29, 0.717) is 13.1 Å². The van der Waals surface area contributed by atoms with E-state index in [9.17, 15) is 8.42 Å². The summed E-state index contributed by atoms with van der Waals surface area (Å²) in [6.45, 7) is 7.85. The van der Waals surface area contributed by atoms with Crippen LogP contribution in [0, 0.1) is 5.92 Å². The predicted molar refractivity (Wildman–Crippen MR) is 64.8 cm³/mol. The highest BCUT2D eigenvalue weighted by molar-refractivity contribution is 7.89. The Morgan fingerprint density at radius 2 is 1.69 bits per heavy atom. The zero-order valence-electron chi connectivity index (χ0n) is 10.2. The van der Waals surface area contributed by atoms with E-state index in [4.69, 9.17) is 0 Å². The second kappa shape index (κ2) is 4.63. The lowest BCUT2D eigenvalue weighted by atomic mass is 10.3. The minimum atomic E-state index is -3.03. The molecule has 0 radical (unpaired) electrons. The van der Waals surface area contributed by atoms with Crippen molar-refractivity contribution >= 4 is 10.0 Å². The first kappa shape index (κ1) is 12.3. The Morgan fingerprint density at radius 1 is 1.12 bits per heavy atom. The maximum atomic E-state index is 11.9. The van der Waals surface area contributed by atoms with Gasteiger partial charge in [-0.15, -0.1) is 0 Å². The number of hydrogen-bond donors (Lipinski definition) is 0. The molecule has 2 fully saturated rings. The number of hydrogen-bond acceptors (Lipinski definition) is 3. The van der Waals surface area contributed by atoms with E-state index in [-0.39, 0.29) is 5.25 Å². The lowest BCUT2D eigenvalue weighted by Crippen LogP contribution is -2.50. The summed E-state index contributed by atoms with van der Waals surface area (Å²) in [7, 11) is -3.03. The van der Waals surface area contributed by atoms with Crippen LogP contribution in [0.2, 0.25) is 0 Å². The molecule has 0 aromatic carbocycles. The summed E-state index contributed by atoms with van der Waals surface area (Å²) in [5.74, 6) is 0.897. The van der Waals surface area contributed by atoms with Gasteiger partial charge in [0.1, 0.15) is 0 Å². The zero-order valence-corrected chi connectivity index (χ0v) is 11.0. The standard InChI is InChI=1S/C11H22N2O2S/c1-10(2)16(14,15)13-7-5-12(6-8-13)9-11-3-4-11/h10-11H,3-9H2,1-2H3. The van der Waals surface area contributed by atoms with Crippen LogP contribution in [-0.4, -0.2) is 55.6 Å². The van der Waals surface area contributed by atoms with Gasteiger partial charge in [0, 0.05) is 32.7 Å². The maximum absolute atomic E-state index is 11.9. The Kier molecular flexibility index (Phi) is 3.56. The van der Waals surface area contributed by atoms with Crippen LogP contribution in [0.15, 0.2) is 0 Å². The third kappa shape index (κ3) is 2.76. The van der Waals surface area contributed by atoms with Gasteiger partial charge >= 0.3 is 0 Å². The fraction of sp³-hybridized carbons (Fsp3) is 1.00. The molecule has 0 amide bonds. The van der Waals surface area contributed by atoms with Gasteiger partial charge in [-0.05, 0) is 32.6 Å². The summed E-state index contributed by atoms with van der Waals surface area (Å²) < 4.78 is 25.5. The lowest BCUT2D eigenvalue weighted by Gasteiger charge is -2.34. The molecule has 0 aromatic rings. The highest BCUT2D eigenvalue weighted by Crippen LogP contribution is 2.30. The van der Waals surface area contributed by atoms with E-state index < -0.39 is 10.0 Å². The van der Waals surface area contributed by atoms with Gasteiger partial charge in [-0.2, -0.15) is 4.31 Å². The quantitative estimate of drug-likeness (QED) is 0.735. The zero-order chi connectivity index (χ0) is 11.8. The molecule has 1 heterocycles. The number of piperazine rings is 1. The molecule has 0 N–H and O–H groups in total. The van der Waals surface area contributed by atoms with E-state index in [2.05, 4.69) is 4.90 Å². The molecule has 4 nitrogen and oxygen atoms in total. The third-order valence-electron chi connectivity index (χ3n) is 3.50. The molecule has 2 rings (SSSR count). The molecule has 0 bridgehead atoms. The molecule has 5 heteroatoms. The fourth-order valence-electron chi connectivity index (χ4n) is 2.13. The van der Waals surface area contributed by atoms with Crippen molar-refractivity contribution in [3.8, 4) is 0 Å². The molecule has 0 atom stereocenters. The molecular weight excluding hydrogens is 224 g/mol. The molecule has 1 saturated heterocycles. The van der Waals surface area contributed by atoms with Crippen LogP contribution in [0.25, 0.3) is 0 Å². The lowest BCUT2D eigenvalue weighted by molar-refractivity contribution is 0.181. The maximum Gasteiger partial charge on any atom is 0.216 e. The van der Waals surface area contributed by atoms with Crippen molar-refractivity contribution in [2.24, 2.45) is 5.92 Å². The summed E-state index contributed by atoms with van der Waals surface area (Å²) in [5, 5.41) is -0.289. The van der Waals surface area contributed by atoms with Crippen molar-refractivity contribution in [3.05, 3.63) is 0 Å². The summed E-state index contributed by atoms with van der Waals surface area (Å²) >= 11 is 0. The largest absolute Gasteiger partial charge is 0.300 e. The Labute approximate surface area is 98.7 Å². The predicted octanol–water partition coefficient (Wildman–Crippen LogP) is 0.752. The summed E-state index contributed by atoms with van der Waals surface area (Å²) in [5.41, 5.74) is 0. The van der Waals surface area contributed by atoms with Gasteiger partial charge in [0.25, 0.3) is 0 Å². The summed E-state index contributed by atoms with van der Waals surface area (Å²) in [6, 6.07) is 0. The van der Waals surface area contributed by atoms with Gasteiger partial charge in [0.15, 0.2) is 0 Å². The van der Waals surface area contributed by atoms with Crippen LogP contribution in [-0.2, 0) is 10.0 Å². The van der Waals surface area contributed by atoms with Gasteiger partial charge in [0.2, 0.25) is 10.0 Å². The van der Waals surface area contributed by atoms with Crippen molar-refractivity contribution in [3.63, 3.8) is 0 Å². The van der Waals surface area contributed by atoms with E-state index in [0.717, 1.165) is 19.0 Å². The van der Waals surface area contributed by atoms with Crippen LogP contribution >= 0.6 is 0 Å². The van der Waals surface area contributed by atoms with Crippen molar-refractivity contribution in [1.82, 2.24) is 9.21 Å². The molecule has 1 saturated carbocycles. The first-order chi connectivity index (χ1) is 7.50. The molecule has 16 heavy (non-hydrogen) atoms. The molecule has 2 aliphatic rings. The smallest absolute Gasteiger partial charge is 0.216 e. The minimum Gasteiger partial charge on any atom is -0.300 e. The van der Waals surface area contributed by atoms with E-state index >= 15 is 0 Å². The van der Waals surface area contributed by atoms with Crippen LogP contribution in [0.1, 0.15) is 26.7 Å². The van der Waals surface area contributed by atoms with E-state index in [1.807, 2.05) is 0 Å². The molecular formula is C11H22N2O2S. The first-order valence-electron chi connectivity index (χ1n) is 6.21. The fourth-order valence-corrected chi connectivity index (χ4v) is 3.40. The van der Waals surface area contributed by atoms with Crippen LogP contribution in [0.5, 0.6) is 0 Å². The minimum absolute atomic E-state index is 0.289. The van der Waals surface area contributed by atoms with Gasteiger partial charge in [0.05, 0.1) is 5.25 Å². The molecule has 1 aliphatic carbocycles. The van der Waals surface area contributed by atoms with Gasteiger partial charge < -0.3 is 4.90 Å². The molecule has 0 unspecified atom stereocenters. The molecule has 94 valence electrons. The Bertz CT molecular complexity index is 328. The highest BCUT2D eigenvalue weighted by atomic mass is 32.2. The molecule has 1 aliphatic heterocycles. The SMILES string of the molecule is CC(C)S(=O)(=O)N1CCN(CC2CC2)CC1. The number of rotatable bonds is 4. The molecule has 0 spiro atoms. The van der Waals surface area contributed by atoms with Gasteiger partial charge in [-0.3, -0.25) is 0 Å². The van der Waals surface area contributed by atoms with E-state index in [1.165, 1.54) is 19.4 Å². The molecule has 0 aromatic heterocycles.